The summed E-state index contributed by atoms with van der Waals surface area (Å²) >= 11 is 0. The molecule has 1 aromatic carbocycles. The summed E-state index contributed by atoms with van der Waals surface area (Å²) < 4.78 is 11.2. The van der Waals surface area contributed by atoms with Crippen molar-refractivity contribution in [3.8, 4) is 17.6 Å². The molecule has 154 valence electrons. The van der Waals surface area contributed by atoms with Crippen molar-refractivity contribution in [2.75, 3.05) is 37.7 Å². The number of anilines is 1. The molecule has 3 heterocycles. The van der Waals surface area contributed by atoms with E-state index >= 15 is 0 Å². The van der Waals surface area contributed by atoms with Crippen LogP contribution in [0, 0.1) is 6.92 Å². The van der Waals surface area contributed by atoms with Gasteiger partial charge in [0.15, 0.2) is 6.61 Å². The second kappa shape index (κ2) is 9.17. The molecule has 0 atom stereocenters. The number of rotatable bonds is 6. The van der Waals surface area contributed by atoms with Gasteiger partial charge in [-0.1, -0.05) is 18.2 Å². The number of hydrogen-bond donors (Lipinski definition) is 0. The number of aryl methyl sites for hydroxylation is 1. The number of amides is 1. The minimum absolute atomic E-state index is 0.0777. The summed E-state index contributed by atoms with van der Waals surface area (Å²) in [6, 6.07) is 13.2. The topological polar surface area (TPSA) is 93.6 Å². The summed E-state index contributed by atoms with van der Waals surface area (Å²) in [5.41, 5.74) is 0. The molecule has 0 N–H and O–H groups in total. The van der Waals surface area contributed by atoms with Crippen LogP contribution in [0.3, 0.4) is 0 Å². The molecule has 3 aromatic rings. The Morgan fingerprint density at radius 2 is 1.73 bits per heavy atom. The number of hydrogen-bond acceptors (Lipinski definition) is 8. The SMILES string of the molecule is Cc1nc(Oc2ccccc2)cc(N2CCN(C(=O)COc3ncccn3)CC2)n1. The summed E-state index contributed by atoms with van der Waals surface area (Å²) in [4.78, 5) is 33.1. The summed E-state index contributed by atoms with van der Waals surface area (Å²) in [5.74, 6) is 2.55. The van der Waals surface area contributed by atoms with Crippen LogP contribution in [0.5, 0.6) is 17.6 Å². The standard InChI is InChI=1S/C21H22N6O3/c1-16-24-18(14-19(25-16)30-17-6-3-2-4-7-17)26-10-12-27(13-11-26)20(28)15-29-21-22-8-5-9-23-21/h2-9,14H,10-13,15H2,1H3. The Morgan fingerprint density at radius 1 is 1.00 bits per heavy atom. The van der Waals surface area contributed by atoms with Crippen molar-refractivity contribution >= 4 is 11.7 Å². The highest BCUT2D eigenvalue weighted by Gasteiger charge is 2.23. The Labute approximate surface area is 174 Å². The molecule has 1 saturated heterocycles. The second-order valence-corrected chi connectivity index (χ2v) is 6.71. The molecule has 0 radical (unpaired) electrons. The van der Waals surface area contributed by atoms with Gasteiger partial charge in [0, 0.05) is 44.6 Å². The van der Waals surface area contributed by atoms with Crippen LogP contribution >= 0.6 is 0 Å². The molecule has 1 aliphatic rings. The Hall–Kier alpha value is -3.75. The van der Waals surface area contributed by atoms with E-state index in [1.165, 1.54) is 0 Å². The quantitative estimate of drug-likeness (QED) is 0.614. The van der Waals surface area contributed by atoms with E-state index in [4.69, 9.17) is 9.47 Å². The van der Waals surface area contributed by atoms with Crippen LogP contribution in [0.2, 0.25) is 0 Å². The zero-order chi connectivity index (χ0) is 20.8. The number of piperazine rings is 1. The van der Waals surface area contributed by atoms with Crippen LogP contribution in [0.4, 0.5) is 5.82 Å². The van der Waals surface area contributed by atoms with Gasteiger partial charge >= 0.3 is 6.01 Å². The first-order valence-corrected chi connectivity index (χ1v) is 9.68. The highest BCUT2D eigenvalue weighted by atomic mass is 16.5. The van der Waals surface area contributed by atoms with Gasteiger partial charge in [0.1, 0.15) is 17.4 Å². The van der Waals surface area contributed by atoms with E-state index < -0.39 is 0 Å². The van der Waals surface area contributed by atoms with E-state index in [-0.39, 0.29) is 18.5 Å². The number of carbonyl (C=O) groups excluding carboxylic acids is 1. The number of ether oxygens (including phenoxy) is 2. The molecule has 1 fully saturated rings. The fourth-order valence-corrected chi connectivity index (χ4v) is 3.11. The highest BCUT2D eigenvalue weighted by molar-refractivity contribution is 5.78. The van der Waals surface area contributed by atoms with Crippen molar-refractivity contribution in [1.82, 2.24) is 24.8 Å². The monoisotopic (exact) mass is 406 g/mol. The van der Waals surface area contributed by atoms with E-state index in [1.54, 1.807) is 23.4 Å². The third-order valence-electron chi connectivity index (χ3n) is 4.59. The normalized spacial score (nSPS) is 13.8. The number of carbonyl (C=O) groups is 1. The van der Waals surface area contributed by atoms with Gasteiger partial charge < -0.3 is 19.3 Å². The van der Waals surface area contributed by atoms with E-state index in [2.05, 4.69) is 24.8 Å². The maximum absolute atomic E-state index is 12.4. The molecule has 0 bridgehead atoms. The van der Waals surface area contributed by atoms with E-state index in [0.29, 0.717) is 37.9 Å². The molecule has 0 spiro atoms. The Kier molecular flexibility index (Phi) is 5.98. The first kappa shape index (κ1) is 19.6. The third kappa shape index (κ3) is 4.99. The molecule has 0 aliphatic carbocycles. The largest absolute Gasteiger partial charge is 0.453 e. The van der Waals surface area contributed by atoms with Crippen LogP contribution in [0.25, 0.3) is 0 Å². The molecule has 0 unspecified atom stereocenters. The first-order chi connectivity index (χ1) is 14.7. The Morgan fingerprint density at radius 3 is 2.47 bits per heavy atom. The van der Waals surface area contributed by atoms with Crippen LogP contribution in [0.15, 0.2) is 54.9 Å². The highest BCUT2D eigenvalue weighted by Crippen LogP contribution is 2.23. The van der Waals surface area contributed by atoms with Crippen molar-refractivity contribution < 1.29 is 14.3 Å². The van der Waals surface area contributed by atoms with Crippen LogP contribution in [-0.4, -0.2) is 63.5 Å². The molecular weight excluding hydrogens is 384 g/mol. The molecule has 9 nitrogen and oxygen atoms in total. The number of benzene rings is 1. The van der Waals surface area contributed by atoms with Crippen molar-refractivity contribution in [2.45, 2.75) is 6.92 Å². The van der Waals surface area contributed by atoms with Crippen molar-refractivity contribution in [3.63, 3.8) is 0 Å². The zero-order valence-electron chi connectivity index (χ0n) is 16.6. The zero-order valence-corrected chi connectivity index (χ0v) is 16.6. The van der Waals surface area contributed by atoms with Gasteiger partial charge in [-0.3, -0.25) is 4.79 Å². The summed E-state index contributed by atoms with van der Waals surface area (Å²) in [5, 5.41) is 0. The van der Waals surface area contributed by atoms with Crippen molar-refractivity contribution in [2.24, 2.45) is 0 Å². The fourth-order valence-electron chi connectivity index (χ4n) is 3.11. The molecular formula is C21H22N6O3. The average molecular weight is 406 g/mol. The predicted molar refractivity (Wildman–Crippen MR) is 110 cm³/mol. The molecule has 2 aromatic heterocycles. The van der Waals surface area contributed by atoms with Gasteiger partial charge in [-0.25, -0.2) is 15.0 Å². The lowest BCUT2D eigenvalue weighted by Gasteiger charge is -2.35. The first-order valence-electron chi connectivity index (χ1n) is 9.68. The van der Waals surface area contributed by atoms with Gasteiger partial charge in [0.2, 0.25) is 5.88 Å². The molecule has 4 rings (SSSR count). The Balaban J connectivity index is 1.34. The van der Waals surface area contributed by atoms with Crippen LogP contribution < -0.4 is 14.4 Å². The summed E-state index contributed by atoms with van der Waals surface area (Å²) in [6.45, 7) is 4.24. The average Bonchev–Trinajstić information content (AvgIpc) is 2.78. The second-order valence-electron chi connectivity index (χ2n) is 6.71. The third-order valence-corrected chi connectivity index (χ3v) is 4.59. The summed E-state index contributed by atoms with van der Waals surface area (Å²) in [7, 11) is 0. The lowest BCUT2D eigenvalue weighted by atomic mass is 10.3. The summed E-state index contributed by atoms with van der Waals surface area (Å²) in [6.07, 6.45) is 3.15. The van der Waals surface area contributed by atoms with Crippen LogP contribution in [0.1, 0.15) is 5.82 Å². The van der Waals surface area contributed by atoms with Gasteiger partial charge in [-0.2, -0.15) is 4.98 Å². The minimum atomic E-state index is -0.0888. The van der Waals surface area contributed by atoms with Gasteiger partial charge in [-0.15, -0.1) is 0 Å². The molecule has 1 amide bonds. The van der Waals surface area contributed by atoms with Gasteiger partial charge in [0.25, 0.3) is 5.91 Å². The number of para-hydroxylation sites is 1. The minimum Gasteiger partial charge on any atom is -0.453 e. The lowest BCUT2D eigenvalue weighted by Crippen LogP contribution is -2.50. The van der Waals surface area contributed by atoms with Crippen LogP contribution in [-0.2, 0) is 4.79 Å². The molecule has 9 heteroatoms. The Bertz CT molecular complexity index is 979. The number of nitrogens with zero attached hydrogens (tertiary/aromatic N) is 6. The molecule has 30 heavy (non-hydrogen) atoms. The van der Waals surface area contributed by atoms with E-state index in [1.807, 2.05) is 43.3 Å². The van der Waals surface area contributed by atoms with E-state index in [9.17, 15) is 4.79 Å². The van der Waals surface area contributed by atoms with Crippen molar-refractivity contribution in [1.29, 1.82) is 0 Å². The lowest BCUT2D eigenvalue weighted by molar-refractivity contribution is -0.133. The number of aromatic nitrogens is 4. The molecule has 1 aliphatic heterocycles. The maximum Gasteiger partial charge on any atom is 0.316 e. The maximum atomic E-state index is 12.4. The fraction of sp³-hybridized carbons (Fsp3) is 0.286. The van der Waals surface area contributed by atoms with Gasteiger partial charge in [-0.05, 0) is 25.1 Å². The smallest absolute Gasteiger partial charge is 0.316 e. The predicted octanol–water partition coefficient (Wildman–Crippen LogP) is 2.09. The van der Waals surface area contributed by atoms with Crippen molar-refractivity contribution in [3.05, 3.63) is 60.7 Å². The molecule has 0 saturated carbocycles. The van der Waals surface area contributed by atoms with Gasteiger partial charge in [0.05, 0.1) is 0 Å². The van der Waals surface area contributed by atoms with E-state index in [0.717, 1.165) is 11.6 Å².